The summed E-state index contributed by atoms with van der Waals surface area (Å²) in [6, 6.07) is 1.73. The van der Waals surface area contributed by atoms with E-state index in [-0.39, 0.29) is 16.3 Å². The van der Waals surface area contributed by atoms with Crippen LogP contribution in [0.4, 0.5) is 13.2 Å². The van der Waals surface area contributed by atoms with E-state index in [9.17, 15) is 18.0 Å². The van der Waals surface area contributed by atoms with Crippen molar-refractivity contribution in [3.8, 4) is 5.75 Å². The molecule has 0 heterocycles. The third-order valence-corrected chi connectivity index (χ3v) is 3.34. The number of halogens is 4. The Kier molecular flexibility index (Phi) is 3.32. The van der Waals surface area contributed by atoms with Crippen LogP contribution in [-0.4, -0.2) is 13.2 Å². The van der Waals surface area contributed by atoms with Crippen LogP contribution in [0.15, 0.2) is 17.1 Å². The van der Waals surface area contributed by atoms with Gasteiger partial charge in [-0.1, -0.05) is 11.6 Å². The molecule has 0 spiro atoms. The second-order valence-electron chi connectivity index (χ2n) is 4.27. The molecule has 2 rings (SSSR count). The van der Waals surface area contributed by atoms with Gasteiger partial charge in [-0.2, -0.15) is 18.2 Å². The third kappa shape index (κ3) is 2.46. The molecule has 19 heavy (non-hydrogen) atoms. The Hall–Kier alpha value is -1.52. The first kappa shape index (κ1) is 13.9. The molecule has 0 atom stereocenters. The van der Waals surface area contributed by atoms with Crippen LogP contribution < -0.4 is 4.74 Å². The Balaban J connectivity index is 2.64. The Bertz CT molecular complexity index is 561. The smallest absolute Gasteiger partial charge is 0.416 e. The highest BCUT2D eigenvalue weighted by atomic mass is 35.5. The van der Waals surface area contributed by atoms with Crippen LogP contribution in [0, 0.1) is 0 Å². The lowest BCUT2D eigenvalue weighted by Gasteiger charge is -2.17. The molecular weight excluding hydrogens is 283 g/mol. The van der Waals surface area contributed by atoms with Crippen LogP contribution in [0.2, 0.25) is 5.02 Å². The number of hydrogen-bond acceptors (Lipinski definition) is 3. The first-order chi connectivity index (χ1) is 8.84. The number of hydrogen-bond donors (Lipinski definition) is 0. The zero-order chi connectivity index (χ0) is 14.3. The van der Waals surface area contributed by atoms with Gasteiger partial charge in [-0.05, 0) is 25.0 Å². The van der Waals surface area contributed by atoms with Gasteiger partial charge >= 0.3 is 6.18 Å². The van der Waals surface area contributed by atoms with E-state index in [4.69, 9.17) is 16.3 Å². The van der Waals surface area contributed by atoms with Crippen LogP contribution >= 0.6 is 11.6 Å². The molecule has 0 bridgehead atoms. The summed E-state index contributed by atoms with van der Waals surface area (Å²) in [5.41, 5.74) is -1.68. The van der Waals surface area contributed by atoms with Gasteiger partial charge in [0.05, 0.1) is 17.7 Å². The van der Waals surface area contributed by atoms with Gasteiger partial charge in [-0.3, -0.25) is 0 Å². The van der Waals surface area contributed by atoms with Crippen molar-refractivity contribution in [2.45, 2.75) is 24.6 Å². The van der Waals surface area contributed by atoms with Gasteiger partial charge in [-0.25, -0.2) is 4.79 Å². The van der Waals surface area contributed by atoms with E-state index in [2.05, 4.69) is 4.99 Å². The van der Waals surface area contributed by atoms with E-state index in [1.807, 2.05) is 0 Å². The summed E-state index contributed by atoms with van der Waals surface area (Å²) in [4.78, 5) is 14.0. The summed E-state index contributed by atoms with van der Waals surface area (Å²) in [5.74, 6) is 0.117. The minimum absolute atomic E-state index is 0.117. The molecule has 3 nitrogen and oxygen atoms in total. The number of rotatable bonds is 3. The molecule has 0 amide bonds. The third-order valence-electron chi connectivity index (χ3n) is 3.06. The van der Waals surface area contributed by atoms with E-state index in [0.29, 0.717) is 12.8 Å². The average Bonchev–Trinajstić information content (AvgIpc) is 3.08. The second kappa shape index (κ2) is 4.54. The van der Waals surface area contributed by atoms with Crippen LogP contribution in [0.25, 0.3) is 0 Å². The molecule has 0 unspecified atom stereocenters. The van der Waals surface area contributed by atoms with Crippen molar-refractivity contribution in [1.82, 2.24) is 0 Å². The van der Waals surface area contributed by atoms with Crippen molar-refractivity contribution in [2.24, 2.45) is 4.99 Å². The van der Waals surface area contributed by atoms with E-state index in [1.54, 1.807) is 0 Å². The number of aliphatic imine (C=N–C) groups is 1. The summed E-state index contributed by atoms with van der Waals surface area (Å²) >= 11 is 5.81. The standard InChI is InChI=1S/C12H9ClF3NO2/c1-19-10-8(11(2-3-11)17-6-18)4-7(5-9(10)13)12(14,15)16/h4-5H,2-3H2,1H3. The average molecular weight is 292 g/mol. The lowest BCUT2D eigenvalue weighted by molar-refractivity contribution is -0.137. The topological polar surface area (TPSA) is 38.7 Å². The van der Waals surface area contributed by atoms with Gasteiger partial charge in [0.15, 0.2) is 0 Å². The number of isocyanates is 1. The van der Waals surface area contributed by atoms with Gasteiger partial charge in [0.2, 0.25) is 6.08 Å². The van der Waals surface area contributed by atoms with Crippen LogP contribution in [0.3, 0.4) is 0 Å². The lowest BCUT2D eigenvalue weighted by Crippen LogP contribution is -2.11. The molecule has 0 saturated heterocycles. The predicted octanol–water partition coefficient (Wildman–Crippen LogP) is 3.69. The number of methoxy groups -OCH3 is 1. The molecule has 1 saturated carbocycles. The molecule has 1 aromatic carbocycles. The monoisotopic (exact) mass is 291 g/mol. The fourth-order valence-electron chi connectivity index (χ4n) is 1.96. The largest absolute Gasteiger partial charge is 0.495 e. The fourth-order valence-corrected chi connectivity index (χ4v) is 2.25. The molecule has 1 aliphatic rings. The maximum atomic E-state index is 12.8. The summed E-state index contributed by atoms with van der Waals surface area (Å²) < 4.78 is 43.3. The summed E-state index contributed by atoms with van der Waals surface area (Å²) in [5, 5.41) is -0.153. The van der Waals surface area contributed by atoms with Crippen molar-refractivity contribution in [3.63, 3.8) is 0 Å². The maximum Gasteiger partial charge on any atom is 0.416 e. The summed E-state index contributed by atoms with van der Waals surface area (Å²) in [7, 11) is 1.30. The Morgan fingerprint density at radius 1 is 1.42 bits per heavy atom. The quantitative estimate of drug-likeness (QED) is 0.629. The summed E-state index contributed by atoms with van der Waals surface area (Å²) in [6.07, 6.45) is -2.19. The number of benzene rings is 1. The molecule has 0 aliphatic heterocycles. The molecule has 1 fully saturated rings. The van der Waals surface area contributed by atoms with Crippen molar-refractivity contribution in [3.05, 3.63) is 28.3 Å². The number of ether oxygens (including phenoxy) is 1. The van der Waals surface area contributed by atoms with Crippen molar-refractivity contribution < 1.29 is 22.7 Å². The first-order valence-electron chi connectivity index (χ1n) is 5.38. The number of alkyl halides is 3. The van der Waals surface area contributed by atoms with Gasteiger partial charge in [0, 0.05) is 5.56 Å². The van der Waals surface area contributed by atoms with E-state index < -0.39 is 17.3 Å². The Morgan fingerprint density at radius 3 is 2.47 bits per heavy atom. The molecule has 7 heteroatoms. The molecule has 0 N–H and O–H groups in total. The normalized spacial score (nSPS) is 16.7. The molecule has 102 valence electrons. The molecule has 1 aromatic rings. The highest BCUT2D eigenvalue weighted by molar-refractivity contribution is 6.32. The number of carbonyl (C=O) groups excluding carboxylic acids is 1. The first-order valence-corrected chi connectivity index (χ1v) is 5.76. The molecule has 0 radical (unpaired) electrons. The minimum atomic E-state index is -4.52. The minimum Gasteiger partial charge on any atom is -0.495 e. The predicted molar refractivity (Wildman–Crippen MR) is 62.0 cm³/mol. The van der Waals surface area contributed by atoms with Crippen LogP contribution in [0.1, 0.15) is 24.0 Å². The van der Waals surface area contributed by atoms with Gasteiger partial charge < -0.3 is 4.74 Å². The highest BCUT2D eigenvalue weighted by Gasteiger charge is 2.48. The zero-order valence-electron chi connectivity index (χ0n) is 9.84. The highest BCUT2D eigenvalue weighted by Crippen LogP contribution is 2.54. The Labute approximate surface area is 112 Å². The van der Waals surface area contributed by atoms with Gasteiger partial charge in [0.1, 0.15) is 11.3 Å². The maximum absolute atomic E-state index is 12.8. The van der Waals surface area contributed by atoms with Crippen molar-refractivity contribution in [1.29, 1.82) is 0 Å². The van der Waals surface area contributed by atoms with E-state index in [1.165, 1.54) is 13.2 Å². The van der Waals surface area contributed by atoms with Crippen LogP contribution in [0.5, 0.6) is 5.75 Å². The van der Waals surface area contributed by atoms with E-state index in [0.717, 1.165) is 12.1 Å². The Morgan fingerprint density at radius 2 is 2.05 bits per heavy atom. The SMILES string of the molecule is COc1c(Cl)cc(C(F)(F)F)cc1C1(N=C=O)CC1. The second-order valence-corrected chi connectivity index (χ2v) is 4.68. The fraction of sp³-hybridized carbons (Fsp3) is 0.417. The molecular formula is C12H9ClF3NO2. The number of nitrogens with zero attached hydrogens (tertiary/aromatic N) is 1. The molecule has 0 aromatic heterocycles. The van der Waals surface area contributed by atoms with E-state index >= 15 is 0 Å². The summed E-state index contributed by atoms with van der Waals surface area (Å²) in [6.45, 7) is 0. The zero-order valence-corrected chi connectivity index (χ0v) is 10.6. The van der Waals surface area contributed by atoms with Crippen molar-refractivity contribution >= 4 is 17.7 Å². The molecule has 1 aliphatic carbocycles. The van der Waals surface area contributed by atoms with Crippen molar-refractivity contribution in [2.75, 3.05) is 7.11 Å². The lowest BCUT2D eigenvalue weighted by atomic mass is 10.0. The van der Waals surface area contributed by atoms with Gasteiger partial charge in [-0.15, -0.1) is 0 Å². The van der Waals surface area contributed by atoms with Crippen LogP contribution in [-0.2, 0) is 16.5 Å². The van der Waals surface area contributed by atoms with Gasteiger partial charge in [0.25, 0.3) is 0 Å².